The zero-order chi connectivity index (χ0) is 14.3. The lowest BCUT2D eigenvalue weighted by atomic mass is 10.3. The van der Waals surface area contributed by atoms with E-state index in [9.17, 15) is 8.78 Å². The molecule has 0 spiro atoms. The summed E-state index contributed by atoms with van der Waals surface area (Å²) in [7, 11) is 0. The van der Waals surface area contributed by atoms with Crippen molar-refractivity contribution in [2.75, 3.05) is 0 Å². The fraction of sp³-hybridized carbons (Fsp3) is 0.286. The van der Waals surface area contributed by atoms with E-state index in [1.54, 1.807) is 10.9 Å². The Morgan fingerprint density at radius 3 is 2.65 bits per heavy atom. The van der Waals surface area contributed by atoms with Gasteiger partial charge in [0.2, 0.25) is 0 Å². The molecule has 6 heteroatoms. The predicted octanol–water partition coefficient (Wildman–Crippen LogP) is 2.89. The molecule has 0 aliphatic rings. The van der Waals surface area contributed by atoms with Crippen molar-refractivity contribution in [3.8, 4) is 0 Å². The maximum absolute atomic E-state index is 13.4. The number of hydrogen-bond donors (Lipinski definition) is 0. The molecule has 0 aliphatic carbocycles. The van der Waals surface area contributed by atoms with E-state index in [2.05, 4.69) is 10.1 Å². The molecule has 0 amide bonds. The smallest absolute Gasteiger partial charge is 0.161 e. The largest absolute Gasteiger partial charge is 0.324 e. The van der Waals surface area contributed by atoms with E-state index < -0.39 is 11.6 Å². The lowest BCUT2D eigenvalue weighted by molar-refractivity contribution is 0.510. The molecule has 3 aromatic rings. The molecule has 0 unspecified atom stereocenters. The summed E-state index contributed by atoms with van der Waals surface area (Å²) in [5.41, 5.74) is 2.96. The Kier molecular flexibility index (Phi) is 3.00. The van der Waals surface area contributed by atoms with Gasteiger partial charge in [-0.15, -0.1) is 0 Å². The molecule has 0 atom stereocenters. The summed E-state index contributed by atoms with van der Waals surface area (Å²) in [4.78, 5) is 4.11. The van der Waals surface area contributed by atoms with Gasteiger partial charge in [0.25, 0.3) is 0 Å². The van der Waals surface area contributed by atoms with Crippen molar-refractivity contribution in [3.05, 3.63) is 47.5 Å². The molecular weight excluding hydrogens is 262 g/mol. The number of imidazole rings is 1. The molecule has 3 rings (SSSR count). The van der Waals surface area contributed by atoms with Gasteiger partial charge in [0, 0.05) is 18.7 Å². The first kappa shape index (κ1) is 12.8. The van der Waals surface area contributed by atoms with Crippen LogP contribution in [-0.2, 0) is 13.1 Å². The Morgan fingerprint density at radius 1 is 1.15 bits per heavy atom. The van der Waals surface area contributed by atoms with E-state index >= 15 is 0 Å². The molecule has 2 heterocycles. The number of fused-ring (bicyclic) bond motifs is 1. The summed E-state index contributed by atoms with van der Waals surface area (Å²) in [6.07, 6.45) is 1.59. The molecule has 0 radical (unpaired) electrons. The van der Waals surface area contributed by atoms with E-state index in [4.69, 9.17) is 0 Å². The topological polar surface area (TPSA) is 35.6 Å². The second-order valence-electron chi connectivity index (χ2n) is 4.72. The van der Waals surface area contributed by atoms with Gasteiger partial charge in [0.1, 0.15) is 0 Å². The average molecular weight is 276 g/mol. The van der Waals surface area contributed by atoms with E-state index in [0.717, 1.165) is 24.0 Å². The van der Waals surface area contributed by atoms with Gasteiger partial charge in [0.05, 0.1) is 35.3 Å². The number of aromatic nitrogens is 4. The van der Waals surface area contributed by atoms with Crippen LogP contribution in [0.15, 0.2) is 24.5 Å². The van der Waals surface area contributed by atoms with Gasteiger partial charge in [-0.3, -0.25) is 4.68 Å². The minimum Gasteiger partial charge on any atom is -0.324 e. The van der Waals surface area contributed by atoms with Gasteiger partial charge in [0.15, 0.2) is 11.6 Å². The highest BCUT2D eigenvalue weighted by atomic mass is 19.2. The summed E-state index contributed by atoms with van der Waals surface area (Å²) in [6.45, 7) is 5.22. The minimum absolute atomic E-state index is 0.447. The summed E-state index contributed by atoms with van der Waals surface area (Å²) in [5, 5.41) is 4.37. The molecule has 0 bridgehead atoms. The van der Waals surface area contributed by atoms with Crippen molar-refractivity contribution in [3.63, 3.8) is 0 Å². The Labute approximate surface area is 114 Å². The maximum atomic E-state index is 13.4. The Balaban J connectivity index is 2.04. The van der Waals surface area contributed by atoms with E-state index in [1.165, 1.54) is 6.07 Å². The average Bonchev–Trinajstić information content (AvgIpc) is 2.95. The molecular formula is C14H14F2N4. The van der Waals surface area contributed by atoms with Crippen LogP contribution in [0.5, 0.6) is 0 Å². The van der Waals surface area contributed by atoms with Crippen LogP contribution in [0.4, 0.5) is 8.78 Å². The number of aryl methyl sites for hydroxylation is 2. The molecule has 1 aromatic carbocycles. The first-order valence-corrected chi connectivity index (χ1v) is 6.41. The number of benzene rings is 1. The Morgan fingerprint density at radius 2 is 1.90 bits per heavy atom. The van der Waals surface area contributed by atoms with Crippen molar-refractivity contribution in [1.29, 1.82) is 0 Å². The summed E-state index contributed by atoms with van der Waals surface area (Å²) in [6, 6.07) is 4.27. The van der Waals surface area contributed by atoms with Crippen molar-refractivity contribution in [2.45, 2.75) is 26.9 Å². The highest BCUT2D eigenvalue weighted by Crippen LogP contribution is 2.19. The number of rotatable bonds is 3. The highest BCUT2D eigenvalue weighted by molar-refractivity contribution is 5.75. The van der Waals surface area contributed by atoms with Crippen LogP contribution in [0.25, 0.3) is 11.0 Å². The monoisotopic (exact) mass is 276 g/mol. The zero-order valence-electron chi connectivity index (χ0n) is 11.3. The first-order valence-electron chi connectivity index (χ1n) is 6.41. The minimum atomic E-state index is -0.878. The lowest BCUT2D eigenvalue weighted by Gasteiger charge is -2.06. The number of nitrogens with zero attached hydrogens (tertiary/aromatic N) is 4. The van der Waals surface area contributed by atoms with Crippen molar-refractivity contribution in [2.24, 2.45) is 0 Å². The van der Waals surface area contributed by atoms with E-state index in [1.807, 2.05) is 24.6 Å². The number of halogens is 2. The molecule has 0 N–H and O–H groups in total. The molecule has 104 valence electrons. The molecule has 0 saturated heterocycles. The molecule has 0 fully saturated rings. The van der Waals surface area contributed by atoms with Gasteiger partial charge in [-0.25, -0.2) is 13.8 Å². The van der Waals surface area contributed by atoms with Crippen LogP contribution in [-0.4, -0.2) is 19.3 Å². The van der Waals surface area contributed by atoms with E-state index in [0.29, 0.717) is 17.6 Å². The van der Waals surface area contributed by atoms with Gasteiger partial charge < -0.3 is 4.57 Å². The van der Waals surface area contributed by atoms with Gasteiger partial charge in [-0.2, -0.15) is 5.10 Å². The Bertz CT molecular complexity index is 773. The van der Waals surface area contributed by atoms with Gasteiger partial charge in [-0.1, -0.05) is 0 Å². The Hall–Kier alpha value is -2.24. The lowest BCUT2D eigenvalue weighted by Crippen LogP contribution is -2.07. The van der Waals surface area contributed by atoms with Crippen molar-refractivity contribution in [1.82, 2.24) is 19.3 Å². The maximum Gasteiger partial charge on any atom is 0.161 e. The van der Waals surface area contributed by atoms with Gasteiger partial charge in [-0.05, 0) is 19.9 Å². The van der Waals surface area contributed by atoms with Crippen molar-refractivity contribution >= 4 is 11.0 Å². The first-order chi connectivity index (χ1) is 9.58. The second kappa shape index (κ2) is 4.70. The standard InChI is InChI=1S/C14H14F2N4/c1-3-20-10(4-9(2)18-20)7-19-8-17-13-5-11(15)12(16)6-14(13)19/h4-6,8H,3,7H2,1-2H3. The third-order valence-electron chi connectivity index (χ3n) is 3.28. The van der Waals surface area contributed by atoms with Crippen LogP contribution in [0.3, 0.4) is 0 Å². The molecule has 2 aromatic heterocycles. The molecule has 4 nitrogen and oxygen atoms in total. The zero-order valence-corrected chi connectivity index (χ0v) is 11.3. The van der Waals surface area contributed by atoms with Crippen LogP contribution >= 0.6 is 0 Å². The number of hydrogen-bond acceptors (Lipinski definition) is 2. The van der Waals surface area contributed by atoms with Crippen LogP contribution in [0.2, 0.25) is 0 Å². The third-order valence-corrected chi connectivity index (χ3v) is 3.28. The summed E-state index contributed by atoms with van der Waals surface area (Å²) in [5.74, 6) is -1.74. The summed E-state index contributed by atoms with van der Waals surface area (Å²) < 4.78 is 30.2. The SMILES string of the molecule is CCn1nc(C)cc1Cn1cnc2cc(F)c(F)cc21. The molecule has 20 heavy (non-hydrogen) atoms. The fourth-order valence-corrected chi connectivity index (χ4v) is 2.35. The van der Waals surface area contributed by atoms with E-state index in [-0.39, 0.29) is 0 Å². The second-order valence-corrected chi connectivity index (χ2v) is 4.72. The highest BCUT2D eigenvalue weighted by Gasteiger charge is 2.11. The quantitative estimate of drug-likeness (QED) is 0.737. The molecule has 0 aliphatic heterocycles. The normalized spacial score (nSPS) is 11.4. The summed E-state index contributed by atoms with van der Waals surface area (Å²) >= 11 is 0. The van der Waals surface area contributed by atoms with Crippen LogP contribution in [0, 0.1) is 18.6 Å². The van der Waals surface area contributed by atoms with Crippen LogP contribution in [0.1, 0.15) is 18.3 Å². The fourth-order valence-electron chi connectivity index (χ4n) is 2.35. The van der Waals surface area contributed by atoms with Gasteiger partial charge >= 0.3 is 0 Å². The van der Waals surface area contributed by atoms with Crippen molar-refractivity contribution < 1.29 is 8.78 Å². The molecule has 0 saturated carbocycles. The third kappa shape index (κ3) is 2.07. The predicted molar refractivity (Wildman–Crippen MR) is 71.4 cm³/mol. The van der Waals surface area contributed by atoms with Crippen LogP contribution < -0.4 is 0 Å².